The van der Waals surface area contributed by atoms with Crippen LogP contribution in [0.4, 0.5) is 0 Å². The number of allylic oxidation sites excluding steroid dienone is 1. The van der Waals surface area contributed by atoms with Crippen molar-refractivity contribution in [2.75, 3.05) is 19.6 Å². The number of carboxylic acid groups (broad SMARTS) is 1. The molecule has 5 nitrogen and oxygen atoms in total. The van der Waals surface area contributed by atoms with E-state index >= 15 is 0 Å². The number of rotatable bonds is 4. The third-order valence-corrected chi connectivity index (χ3v) is 2.61. The summed E-state index contributed by atoms with van der Waals surface area (Å²) in [5.74, 6) is -0.865. The number of carbonyl (C=O) groups excluding carboxylic acids is 1. The molecule has 0 bridgehead atoms. The molecule has 0 spiro atoms. The minimum atomic E-state index is -0.795. The Labute approximate surface area is 95.1 Å². The number of hydrogen-bond donors (Lipinski definition) is 2. The lowest BCUT2D eigenvalue weighted by Gasteiger charge is -2.30. The summed E-state index contributed by atoms with van der Waals surface area (Å²) < 4.78 is 0. The van der Waals surface area contributed by atoms with Gasteiger partial charge in [0.05, 0.1) is 6.54 Å². The molecule has 0 aromatic carbocycles. The summed E-state index contributed by atoms with van der Waals surface area (Å²) in [4.78, 5) is 23.6. The van der Waals surface area contributed by atoms with Crippen molar-refractivity contribution in [1.29, 1.82) is 0 Å². The van der Waals surface area contributed by atoms with E-state index in [2.05, 4.69) is 5.32 Å². The van der Waals surface area contributed by atoms with Gasteiger partial charge in [0.15, 0.2) is 0 Å². The Kier molecular flexibility index (Phi) is 4.98. The van der Waals surface area contributed by atoms with Crippen LogP contribution >= 0.6 is 0 Å². The van der Waals surface area contributed by atoms with Gasteiger partial charge in [-0.05, 0) is 25.8 Å². The van der Waals surface area contributed by atoms with Crippen LogP contribution in [0, 0.1) is 0 Å². The monoisotopic (exact) mass is 226 g/mol. The van der Waals surface area contributed by atoms with Crippen molar-refractivity contribution in [2.45, 2.75) is 25.8 Å². The number of nitrogens with one attached hydrogen (secondary N) is 1. The highest BCUT2D eigenvalue weighted by Crippen LogP contribution is 2.09. The third-order valence-electron chi connectivity index (χ3n) is 2.61. The summed E-state index contributed by atoms with van der Waals surface area (Å²) in [6.07, 6.45) is 4.84. The molecule has 16 heavy (non-hydrogen) atoms. The summed E-state index contributed by atoms with van der Waals surface area (Å²) in [5, 5.41) is 11.5. The molecule has 5 heteroatoms. The van der Waals surface area contributed by atoms with Crippen LogP contribution in [0.25, 0.3) is 0 Å². The van der Waals surface area contributed by atoms with Crippen LogP contribution in [0.1, 0.15) is 19.8 Å². The van der Waals surface area contributed by atoms with Gasteiger partial charge in [0.2, 0.25) is 5.91 Å². The predicted octanol–water partition coefficient (Wildman–Crippen LogP) is 0.228. The Morgan fingerprint density at radius 2 is 2.06 bits per heavy atom. The molecule has 0 atom stereocenters. The van der Waals surface area contributed by atoms with Gasteiger partial charge in [0, 0.05) is 19.1 Å². The molecule has 1 fully saturated rings. The average Bonchev–Trinajstić information content (AvgIpc) is 2.20. The van der Waals surface area contributed by atoms with E-state index < -0.39 is 5.97 Å². The van der Waals surface area contributed by atoms with Crippen LogP contribution in [-0.4, -0.2) is 47.6 Å². The van der Waals surface area contributed by atoms with E-state index in [4.69, 9.17) is 5.11 Å². The largest absolute Gasteiger partial charge is 0.480 e. The summed E-state index contributed by atoms with van der Waals surface area (Å²) in [5.41, 5.74) is 0. The summed E-state index contributed by atoms with van der Waals surface area (Å²) in [6, 6.07) is 0.175. The molecule has 1 aliphatic rings. The van der Waals surface area contributed by atoms with Gasteiger partial charge in [-0.3, -0.25) is 14.5 Å². The van der Waals surface area contributed by atoms with E-state index in [1.165, 1.54) is 6.08 Å². The summed E-state index contributed by atoms with van der Waals surface area (Å²) >= 11 is 0. The van der Waals surface area contributed by atoms with E-state index in [9.17, 15) is 9.59 Å². The van der Waals surface area contributed by atoms with Gasteiger partial charge in [-0.2, -0.15) is 0 Å². The quantitative estimate of drug-likeness (QED) is 0.673. The molecular weight excluding hydrogens is 208 g/mol. The van der Waals surface area contributed by atoms with E-state index in [0.717, 1.165) is 25.9 Å². The number of carboxylic acids is 1. The molecule has 1 heterocycles. The van der Waals surface area contributed by atoms with E-state index in [-0.39, 0.29) is 18.5 Å². The normalized spacial score (nSPS) is 18.8. The van der Waals surface area contributed by atoms with E-state index in [1.807, 2.05) is 4.90 Å². The molecule has 1 rings (SSSR count). The Balaban J connectivity index is 2.26. The van der Waals surface area contributed by atoms with Gasteiger partial charge in [0.1, 0.15) is 0 Å². The van der Waals surface area contributed by atoms with Gasteiger partial charge < -0.3 is 10.4 Å². The smallest absolute Gasteiger partial charge is 0.317 e. The highest BCUT2D eigenvalue weighted by molar-refractivity contribution is 5.87. The summed E-state index contributed by atoms with van der Waals surface area (Å²) in [6.45, 7) is 3.35. The molecule has 1 aliphatic heterocycles. The van der Waals surface area contributed by atoms with Gasteiger partial charge >= 0.3 is 5.97 Å². The molecule has 90 valence electrons. The van der Waals surface area contributed by atoms with Crippen LogP contribution in [0.15, 0.2) is 12.2 Å². The van der Waals surface area contributed by atoms with Crippen LogP contribution in [0.2, 0.25) is 0 Å². The Bertz CT molecular complexity index is 281. The van der Waals surface area contributed by atoms with Gasteiger partial charge in [0.25, 0.3) is 0 Å². The minimum Gasteiger partial charge on any atom is -0.480 e. The predicted molar refractivity (Wildman–Crippen MR) is 60.1 cm³/mol. The molecule has 0 unspecified atom stereocenters. The topological polar surface area (TPSA) is 69.6 Å². The number of amides is 1. The first-order chi connectivity index (χ1) is 7.61. The van der Waals surface area contributed by atoms with Crippen molar-refractivity contribution in [2.24, 2.45) is 0 Å². The maximum atomic E-state index is 11.3. The van der Waals surface area contributed by atoms with Gasteiger partial charge in [-0.25, -0.2) is 0 Å². The second-order valence-corrected chi connectivity index (χ2v) is 3.95. The molecule has 0 saturated carbocycles. The first-order valence-electron chi connectivity index (χ1n) is 5.49. The van der Waals surface area contributed by atoms with Crippen molar-refractivity contribution in [3.05, 3.63) is 12.2 Å². The maximum absolute atomic E-state index is 11.3. The zero-order valence-electron chi connectivity index (χ0n) is 9.48. The molecule has 0 aromatic rings. The lowest BCUT2D eigenvalue weighted by Crippen LogP contribution is -2.45. The van der Waals surface area contributed by atoms with Crippen molar-refractivity contribution in [3.8, 4) is 0 Å². The molecular formula is C11H18N2O3. The molecule has 1 amide bonds. The second-order valence-electron chi connectivity index (χ2n) is 3.95. The Morgan fingerprint density at radius 3 is 2.56 bits per heavy atom. The third kappa shape index (κ3) is 4.44. The zero-order valence-corrected chi connectivity index (χ0v) is 9.48. The first kappa shape index (κ1) is 12.7. The van der Waals surface area contributed by atoms with Crippen LogP contribution in [0.5, 0.6) is 0 Å². The van der Waals surface area contributed by atoms with Crippen LogP contribution in [0.3, 0.4) is 0 Å². The number of piperidine rings is 1. The standard InChI is InChI=1S/C11H18N2O3/c1-2-3-10(14)12-9-4-6-13(7-5-9)8-11(15)16/h2-3,9H,4-8H2,1H3,(H,12,14)(H,15,16). The van der Waals surface area contributed by atoms with Crippen molar-refractivity contribution in [1.82, 2.24) is 10.2 Å². The maximum Gasteiger partial charge on any atom is 0.317 e. The highest BCUT2D eigenvalue weighted by atomic mass is 16.4. The van der Waals surface area contributed by atoms with Crippen molar-refractivity contribution in [3.63, 3.8) is 0 Å². The van der Waals surface area contributed by atoms with Gasteiger partial charge in [-0.1, -0.05) is 6.08 Å². The summed E-state index contributed by atoms with van der Waals surface area (Å²) in [7, 11) is 0. The second kappa shape index (κ2) is 6.27. The van der Waals surface area contributed by atoms with Crippen LogP contribution < -0.4 is 5.32 Å². The molecule has 1 saturated heterocycles. The van der Waals surface area contributed by atoms with E-state index in [1.54, 1.807) is 13.0 Å². The van der Waals surface area contributed by atoms with Crippen molar-refractivity contribution >= 4 is 11.9 Å². The number of likely N-dealkylation sites (tertiary alicyclic amines) is 1. The fourth-order valence-corrected chi connectivity index (χ4v) is 1.83. The SMILES string of the molecule is CC=CC(=O)NC1CCN(CC(=O)O)CC1. The molecule has 2 N–H and O–H groups in total. The minimum absolute atomic E-state index is 0.0702. The zero-order chi connectivity index (χ0) is 12.0. The lowest BCUT2D eigenvalue weighted by molar-refractivity contribution is -0.138. The lowest BCUT2D eigenvalue weighted by atomic mass is 10.1. The molecule has 0 aliphatic carbocycles. The Morgan fingerprint density at radius 1 is 1.44 bits per heavy atom. The number of carbonyl (C=O) groups is 2. The average molecular weight is 226 g/mol. The van der Waals surface area contributed by atoms with Gasteiger partial charge in [-0.15, -0.1) is 0 Å². The first-order valence-corrected chi connectivity index (χ1v) is 5.49. The van der Waals surface area contributed by atoms with Crippen molar-refractivity contribution < 1.29 is 14.7 Å². The molecule has 0 radical (unpaired) electrons. The Hall–Kier alpha value is -1.36. The van der Waals surface area contributed by atoms with Crippen LogP contribution in [-0.2, 0) is 9.59 Å². The number of aliphatic carboxylic acids is 1. The highest BCUT2D eigenvalue weighted by Gasteiger charge is 2.20. The van der Waals surface area contributed by atoms with E-state index in [0.29, 0.717) is 0 Å². The fraction of sp³-hybridized carbons (Fsp3) is 0.636. The molecule has 0 aromatic heterocycles. The number of hydrogen-bond acceptors (Lipinski definition) is 3. The fourth-order valence-electron chi connectivity index (χ4n) is 1.83. The number of nitrogens with zero attached hydrogens (tertiary/aromatic N) is 1.